The van der Waals surface area contributed by atoms with Crippen LogP contribution in [0.25, 0.3) is 11.1 Å². The number of rotatable bonds is 1. The van der Waals surface area contributed by atoms with Crippen molar-refractivity contribution in [1.29, 1.82) is 0 Å². The highest BCUT2D eigenvalue weighted by molar-refractivity contribution is 5.81. The molecule has 0 saturated carbocycles. The molecular weight excluding hydrogens is 222 g/mol. The largest absolute Gasteiger partial charge is 0.384 e. The Morgan fingerprint density at radius 3 is 2.88 bits per heavy atom. The standard InChI is InChI=1S/C13H10F2N2/c14-11-9(5-7-17-13(11)15)10-3-1-2-8-4-6-16-12(8)10/h1-3,5,7,16H,4,6H2. The maximum atomic E-state index is 13.7. The van der Waals surface area contributed by atoms with E-state index in [1.165, 1.54) is 12.3 Å². The quantitative estimate of drug-likeness (QED) is 0.764. The van der Waals surface area contributed by atoms with Gasteiger partial charge in [-0.1, -0.05) is 18.2 Å². The Morgan fingerprint density at radius 1 is 1.12 bits per heavy atom. The Labute approximate surface area is 97.3 Å². The predicted molar refractivity (Wildman–Crippen MR) is 61.8 cm³/mol. The Bertz CT molecular complexity index is 582. The third-order valence-corrected chi connectivity index (χ3v) is 2.98. The molecule has 2 heterocycles. The second-order valence-corrected chi connectivity index (χ2v) is 3.98. The molecule has 0 bridgehead atoms. The number of nitrogens with one attached hydrogen (secondary N) is 1. The predicted octanol–water partition coefficient (Wildman–Crippen LogP) is 2.99. The Morgan fingerprint density at radius 2 is 2.00 bits per heavy atom. The molecule has 2 nitrogen and oxygen atoms in total. The van der Waals surface area contributed by atoms with Crippen LogP contribution in [0.5, 0.6) is 0 Å². The summed E-state index contributed by atoms with van der Waals surface area (Å²) in [5.74, 6) is -1.95. The minimum atomic E-state index is -1.06. The van der Waals surface area contributed by atoms with Crippen molar-refractivity contribution in [1.82, 2.24) is 4.98 Å². The zero-order valence-electron chi connectivity index (χ0n) is 9.00. The monoisotopic (exact) mass is 232 g/mol. The molecule has 4 heteroatoms. The molecule has 1 aromatic carbocycles. The van der Waals surface area contributed by atoms with Crippen LogP contribution in [0.1, 0.15) is 5.56 Å². The van der Waals surface area contributed by atoms with E-state index in [2.05, 4.69) is 10.3 Å². The maximum Gasteiger partial charge on any atom is 0.249 e. The van der Waals surface area contributed by atoms with Crippen molar-refractivity contribution in [3.05, 3.63) is 47.8 Å². The molecule has 86 valence electrons. The van der Waals surface area contributed by atoms with Crippen LogP contribution in [0, 0.1) is 11.8 Å². The molecule has 1 aliphatic heterocycles. The fourth-order valence-corrected chi connectivity index (χ4v) is 2.19. The smallest absolute Gasteiger partial charge is 0.249 e. The highest BCUT2D eigenvalue weighted by Gasteiger charge is 2.18. The fraction of sp³-hybridized carbons (Fsp3) is 0.154. The van der Waals surface area contributed by atoms with E-state index < -0.39 is 11.8 Å². The van der Waals surface area contributed by atoms with E-state index >= 15 is 0 Å². The molecule has 3 rings (SSSR count). The lowest BCUT2D eigenvalue weighted by Crippen LogP contribution is -1.97. The number of hydrogen-bond acceptors (Lipinski definition) is 2. The lowest BCUT2D eigenvalue weighted by atomic mass is 10.0. The van der Waals surface area contributed by atoms with Gasteiger partial charge in [0.05, 0.1) is 0 Å². The fourth-order valence-electron chi connectivity index (χ4n) is 2.19. The minimum Gasteiger partial charge on any atom is -0.384 e. The van der Waals surface area contributed by atoms with Gasteiger partial charge >= 0.3 is 0 Å². The summed E-state index contributed by atoms with van der Waals surface area (Å²) in [5.41, 5.74) is 2.98. The molecule has 0 amide bonds. The zero-order valence-corrected chi connectivity index (χ0v) is 9.00. The van der Waals surface area contributed by atoms with E-state index in [4.69, 9.17) is 0 Å². The molecule has 1 N–H and O–H groups in total. The van der Waals surface area contributed by atoms with Gasteiger partial charge in [-0.15, -0.1) is 0 Å². The van der Waals surface area contributed by atoms with Crippen molar-refractivity contribution in [2.24, 2.45) is 0 Å². The summed E-state index contributed by atoms with van der Waals surface area (Å²) in [6, 6.07) is 7.14. The first-order chi connectivity index (χ1) is 8.27. The summed E-state index contributed by atoms with van der Waals surface area (Å²) in [7, 11) is 0. The van der Waals surface area contributed by atoms with E-state index in [9.17, 15) is 8.78 Å². The molecule has 0 radical (unpaired) electrons. The van der Waals surface area contributed by atoms with Gasteiger partial charge in [0.15, 0.2) is 5.82 Å². The molecule has 0 atom stereocenters. The van der Waals surface area contributed by atoms with Crippen molar-refractivity contribution < 1.29 is 8.78 Å². The molecular formula is C13H10F2N2. The number of aromatic nitrogens is 1. The van der Waals surface area contributed by atoms with Crippen LogP contribution in [0.15, 0.2) is 30.5 Å². The number of anilines is 1. The number of para-hydroxylation sites is 1. The molecule has 0 saturated heterocycles. The number of pyridine rings is 1. The van der Waals surface area contributed by atoms with E-state index in [0.717, 1.165) is 24.2 Å². The molecule has 1 aromatic heterocycles. The van der Waals surface area contributed by atoms with Gasteiger partial charge in [-0.2, -0.15) is 4.39 Å². The van der Waals surface area contributed by atoms with Gasteiger partial charge in [0.1, 0.15) is 0 Å². The van der Waals surface area contributed by atoms with Gasteiger partial charge in [0.25, 0.3) is 0 Å². The molecule has 0 spiro atoms. The first-order valence-electron chi connectivity index (χ1n) is 5.43. The first-order valence-corrected chi connectivity index (χ1v) is 5.43. The number of nitrogens with zero attached hydrogens (tertiary/aromatic N) is 1. The number of fused-ring (bicyclic) bond motifs is 1. The molecule has 0 fully saturated rings. The molecule has 0 aliphatic carbocycles. The summed E-state index contributed by atoms with van der Waals surface area (Å²) in [6.45, 7) is 0.835. The van der Waals surface area contributed by atoms with Crippen molar-refractivity contribution >= 4 is 5.69 Å². The summed E-state index contributed by atoms with van der Waals surface area (Å²) in [4.78, 5) is 3.30. The highest BCUT2D eigenvalue weighted by atomic mass is 19.2. The lowest BCUT2D eigenvalue weighted by molar-refractivity contribution is 0.482. The summed E-state index contributed by atoms with van der Waals surface area (Å²) < 4.78 is 26.8. The van der Waals surface area contributed by atoms with Crippen LogP contribution in [-0.2, 0) is 6.42 Å². The SMILES string of the molecule is Fc1nccc(-c2cccc3c2NCC3)c1F. The van der Waals surface area contributed by atoms with Crippen molar-refractivity contribution in [2.45, 2.75) is 6.42 Å². The third-order valence-electron chi connectivity index (χ3n) is 2.98. The Hall–Kier alpha value is -1.97. The average Bonchev–Trinajstić information content (AvgIpc) is 2.81. The third kappa shape index (κ3) is 1.56. The van der Waals surface area contributed by atoms with E-state index in [-0.39, 0.29) is 5.56 Å². The van der Waals surface area contributed by atoms with Gasteiger partial charge in [0.2, 0.25) is 5.95 Å². The van der Waals surface area contributed by atoms with Crippen molar-refractivity contribution in [3.63, 3.8) is 0 Å². The van der Waals surface area contributed by atoms with Crippen LogP contribution in [0.4, 0.5) is 14.5 Å². The first kappa shape index (κ1) is 10.2. The van der Waals surface area contributed by atoms with Gasteiger partial charge < -0.3 is 5.32 Å². The summed E-state index contributed by atoms with van der Waals surface area (Å²) in [6.07, 6.45) is 2.19. The Kier molecular flexibility index (Phi) is 2.28. The zero-order chi connectivity index (χ0) is 11.8. The van der Waals surface area contributed by atoms with E-state index in [1.54, 1.807) is 6.07 Å². The average molecular weight is 232 g/mol. The molecule has 17 heavy (non-hydrogen) atoms. The summed E-state index contributed by atoms with van der Waals surface area (Å²) >= 11 is 0. The van der Waals surface area contributed by atoms with E-state index in [1.807, 2.05) is 12.1 Å². The topological polar surface area (TPSA) is 24.9 Å². The van der Waals surface area contributed by atoms with Crippen LogP contribution < -0.4 is 5.32 Å². The van der Waals surface area contributed by atoms with Gasteiger partial charge in [-0.3, -0.25) is 0 Å². The summed E-state index contributed by atoms with van der Waals surface area (Å²) in [5, 5.41) is 3.20. The van der Waals surface area contributed by atoms with Crippen LogP contribution in [-0.4, -0.2) is 11.5 Å². The lowest BCUT2D eigenvalue weighted by Gasteiger charge is -2.09. The second-order valence-electron chi connectivity index (χ2n) is 3.98. The molecule has 1 aliphatic rings. The van der Waals surface area contributed by atoms with Gasteiger partial charge in [0, 0.05) is 29.6 Å². The Balaban J connectivity index is 2.23. The van der Waals surface area contributed by atoms with Crippen LogP contribution in [0.2, 0.25) is 0 Å². The highest BCUT2D eigenvalue weighted by Crippen LogP contribution is 2.35. The number of benzene rings is 1. The normalized spacial score (nSPS) is 13.3. The second kappa shape index (κ2) is 3.80. The van der Waals surface area contributed by atoms with E-state index in [0.29, 0.717) is 5.56 Å². The van der Waals surface area contributed by atoms with Gasteiger partial charge in [-0.05, 0) is 18.1 Å². The van der Waals surface area contributed by atoms with Crippen molar-refractivity contribution in [3.8, 4) is 11.1 Å². The van der Waals surface area contributed by atoms with Crippen LogP contribution >= 0.6 is 0 Å². The molecule has 0 unspecified atom stereocenters. The number of halogens is 2. The number of hydrogen-bond donors (Lipinski definition) is 1. The van der Waals surface area contributed by atoms with Crippen molar-refractivity contribution in [2.75, 3.05) is 11.9 Å². The minimum absolute atomic E-state index is 0.253. The maximum absolute atomic E-state index is 13.7. The van der Waals surface area contributed by atoms with Crippen LogP contribution in [0.3, 0.4) is 0 Å². The van der Waals surface area contributed by atoms with Gasteiger partial charge in [-0.25, -0.2) is 9.37 Å². The molecule has 2 aromatic rings.